The molecule has 1 aromatic rings. The Balaban J connectivity index is 0.00000200. The smallest absolute Gasteiger partial charge is 0.237 e. The monoisotopic (exact) mass is 318 g/mol. The van der Waals surface area contributed by atoms with Crippen LogP contribution < -0.4 is 15.4 Å². The molecule has 1 unspecified atom stereocenters. The van der Waals surface area contributed by atoms with Gasteiger partial charge in [0.25, 0.3) is 0 Å². The standard InChI is InChI=1S/C14H19ClN2O2.ClH/c1-2-19-13-8-11(15)6-5-10(13)9-17-14(18)12-4-3-7-16-12;/h5-6,8,12,16H,2-4,7,9H2,1H3,(H,17,18);1H. The molecule has 112 valence electrons. The molecule has 0 bridgehead atoms. The molecule has 1 saturated heterocycles. The van der Waals surface area contributed by atoms with Crippen LogP contribution in [0.1, 0.15) is 25.3 Å². The minimum absolute atomic E-state index is 0. The van der Waals surface area contributed by atoms with E-state index in [9.17, 15) is 4.79 Å². The second-order valence-electron chi connectivity index (χ2n) is 4.55. The summed E-state index contributed by atoms with van der Waals surface area (Å²) in [7, 11) is 0. The van der Waals surface area contributed by atoms with Crippen LogP contribution in [0.2, 0.25) is 5.02 Å². The van der Waals surface area contributed by atoms with Gasteiger partial charge in [0.1, 0.15) is 5.75 Å². The van der Waals surface area contributed by atoms with E-state index in [2.05, 4.69) is 10.6 Å². The van der Waals surface area contributed by atoms with Crippen molar-refractivity contribution >= 4 is 29.9 Å². The summed E-state index contributed by atoms with van der Waals surface area (Å²) in [6.07, 6.45) is 1.97. The van der Waals surface area contributed by atoms with Crippen LogP contribution in [-0.4, -0.2) is 25.1 Å². The Morgan fingerprint density at radius 1 is 1.55 bits per heavy atom. The summed E-state index contributed by atoms with van der Waals surface area (Å²) in [6, 6.07) is 5.41. The van der Waals surface area contributed by atoms with Crippen LogP contribution in [0.4, 0.5) is 0 Å². The minimum Gasteiger partial charge on any atom is -0.493 e. The number of ether oxygens (including phenoxy) is 1. The first-order chi connectivity index (χ1) is 9.20. The Morgan fingerprint density at radius 2 is 2.35 bits per heavy atom. The fourth-order valence-corrected chi connectivity index (χ4v) is 2.34. The van der Waals surface area contributed by atoms with Crippen LogP contribution in [-0.2, 0) is 11.3 Å². The number of halogens is 2. The lowest BCUT2D eigenvalue weighted by Crippen LogP contribution is -2.40. The van der Waals surface area contributed by atoms with Gasteiger partial charge in [-0.15, -0.1) is 12.4 Å². The number of carbonyl (C=O) groups is 1. The molecule has 20 heavy (non-hydrogen) atoms. The molecule has 0 radical (unpaired) electrons. The average molecular weight is 319 g/mol. The van der Waals surface area contributed by atoms with Gasteiger partial charge >= 0.3 is 0 Å². The summed E-state index contributed by atoms with van der Waals surface area (Å²) in [5.74, 6) is 0.782. The predicted octanol–water partition coefficient (Wildman–Crippen LogP) is 2.53. The van der Waals surface area contributed by atoms with Gasteiger partial charge in [-0.25, -0.2) is 0 Å². The maximum absolute atomic E-state index is 11.9. The molecule has 0 aliphatic carbocycles. The highest BCUT2D eigenvalue weighted by Crippen LogP contribution is 2.23. The number of hydrogen-bond acceptors (Lipinski definition) is 3. The molecule has 0 spiro atoms. The summed E-state index contributed by atoms with van der Waals surface area (Å²) in [5, 5.41) is 6.75. The molecule has 1 fully saturated rings. The van der Waals surface area contributed by atoms with Crippen molar-refractivity contribution in [2.45, 2.75) is 32.4 Å². The Morgan fingerprint density at radius 3 is 3.00 bits per heavy atom. The number of amides is 1. The van der Waals surface area contributed by atoms with Crippen molar-refractivity contribution in [1.29, 1.82) is 0 Å². The molecular formula is C14H20Cl2N2O2. The first-order valence-electron chi connectivity index (χ1n) is 6.63. The minimum atomic E-state index is -0.0529. The van der Waals surface area contributed by atoms with Gasteiger partial charge in [-0.05, 0) is 38.4 Å². The summed E-state index contributed by atoms with van der Waals surface area (Å²) in [4.78, 5) is 11.9. The van der Waals surface area contributed by atoms with Gasteiger partial charge in [0.15, 0.2) is 0 Å². The lowest BCUT2D eigenvalue weighted by molar-refractivity contribution is -0.122. The van der Waals surface area contributed by atoms with Gasteiger partial charge in [0, 0.05) is 17.1 Å². The summed E-state index contributed by atoms with van der Waals surface area (Å²) < 4.78 is 5.52. The predicted molar refractivity (Wildman–Crippen MR) is 82.7 cm³/mol. The van der Waals surface area contributed by atoms with Gasteiger partial charge < -0.3 is 15.4 Å². The van der Waals surface area contributed by atoms with Crippen molar-refractivity contribution in [3.63, 3.8) is 0 Å². The molecule has 1 aromatic carbocycles. The van der Waals surface area contributed by atoms with Crippen molar-refractivity contribution in [3.8, 4) is 5.75 Å². The maximum atomic E-state index is 11.9. The van der Waals surface area contributed by atoms with Gasteiger partial charge in [-0.3, -0.25) is 4.79 Å². The highest BCUT2D eigenvalue weighted by molar-refractivity contribution is 6.30. The van der Waals surface area contributed by atoms with Crippen LogP contribution in [0, 0.1) is 0 Å². The van der Waals surface area contributed by atoms with E-state index in [-0.39, 0.29) is 24.4 Å². The fourth-order valence-electron chi connectivity index (χ4n) is 2.18. The molecule has 2 rings (SSSR count). The molecule has 1 aliphatic heterocycles. The molecular weight excluding hydrogens is 299 g/mol. The topological polar surface area (TPSA) is 50.4 Å². The van der Waals surface area contributed by atoms with E-state index in [1.165, 1.54) is 0 Å². The van der Waals surface area contributed by atoms with Crippen LogP contribution >= 0.6 is 24.0 Å². The van der Waals surface area contributed by atoms with E-state index in [4.69, 9.17) is 16.3 Å². The van der Waals surface area contributed by atoms with Crippen LogP contribution in [0.25, 0.3) is 0 Å². The van der Waals surface area contributed by atoms with E-state index in [0.29, 0.717) is 18.2 Å². The molecule has 4 nitrogen and oxygen atoms in total. The number of benzene rings is 1. The molecule has 1 atom stereocenters. The largest absolute Gasteiger partial charge is 0.493 e. The number of rotatable bonds is 5. The molecule has 0 saturated carbocycles. The molecule has 2 N–H and O–H groups in total. The molecule has 6 heteroatoms. The zero-order chi connectivity index (χ0) is 13.7. The number of hydrogen-bond donors (Lipinski definition) is 2. The van der Waals surface area contributed by atoms with Crippen molar-refractivity contribution in [2.75, 3.05) is 13.2 Å². The first-order valence-corrected chi connectivity index (χ1v) is 7.01. The fraction of sp³-hybridized carbons (Fsp3) is 0.500. The van der Waals surface area contributed by atoms with Gasteiger partial charge in [-0.2, -0.15) is 0 Å². The van der Waals surface area contributed by atoms with E-state index in [0.717, 1.165) is 30.7 Å². The second kappa shape index (κ2) is 8.35. The number of carbonyl (C=O) groups excluding carboxylic acids is 1. The zero-order valence-electron chi connectivity index (χ0n) is 11.4. The summed E-state index contributed by atoms with van der Waals surface area (Å²) in [5.41, 5.74) is 0.942. The van der Waals surface area contributed by atoms with Gasteiger partial charge in [0.2, 0.25) is 5.91 Å². The molecule has 1 aliphatic rings. The van der Waals surface area contributed by atoms with Crippen molar-refractivity contribution < 1.29 is 9.53 Å². The van der Waals surface area contributed by atoms with Crippen molar-refractivity contribution in [2.24, 2.45) is 0 Å². The first kappa shape index (κ1) is 17.1. The zero-order valence-corrected chi connectivity index (χ0v) is 13.0. The quantitative estimate of drug-likeness (QED) is 0.877. The summed E-state index contributed by atoms with van der Waals surface area (Å²) in [6.45, 7) is 3.88. The maximum Gasteiger partial charge on any atom is 0.237 e. The highest BCUT2D eigenvalue weighted by Gasteiger charge is 2.21. The van der Waals surface area contributed by atoms with Gasteiger partial charge in [-0.1, -0.05) is 17.7 Å². The van der Waals surface area contributed by atoms with Crippen molar-refractivity contribution in [3.05, 3.63) is 28.8 Å². The third-order valence-corrected chi connectivity index (χ3v) is 3.39. The Kier molecular flexibility index (Phi) is 7.13. The van der Waals surface area contributed by atoms with Crippen LogP contribution in [0.3, 0.4) is 0 Å². The lowest BCUT2D eigenvalue weighted by Gasteiger charge is -2.14. The Labute approximate surface area is 130 Å². The second-order valence-corrected chi connectivity index (χ2v) is 4.99. The van der Waals surface area contributed by atoms with Crippen LogP contribution in [0.15, 0.2) is 18.2 Å². The SMILES string of the molecule is CCOc1cc(Cl)ccc1CNC(=O)C1CCCN1.Cl. The van der Waals surface area contributed by atoms with E-state index in [1.54, 1.807) is 12.1 Å². The van der Waals surface area contributed by atoms with Gasteiger partial charge in [0.05, 0.1) is 12.6 Å². The lowest BCUT2D eigenvalue weighted by atomic mass is 10.1. The third kappa shape index (κ3) is 4.54. The molecule has 1 heterocycles. The number of nitrogens with one attached hydrogen (secondary N) is 2. The van der Waals surface area contributed by atoms with E-state index in [1.807, 2.05) is 13.0 Å². The average Bonchev–Trinajstić information content (AvgIpc) is 2.92. The Bertz CT molecular complexity index is 449. The Hall–Kier alpha value is -0.970. The normalized spacial score (nSPS) is 17.4. The summed E-state index contributed by atoms with van der Waals surface area (Å²) >= 11 is 5.94. The van der Waals surface area contributed by atoms with E-state index < -0.39 is 0 Å². The third-order valence-electron chi connectivity index (χ3n) is 3.16. The van der Waals surface area contributed by atoms with E-state index >= 15 is 0 Å². The molecule has 1 amide bonds. The molecule has 0 aromatic heterocycles. The highest BCUT2D eigenvalue weighted by atomic mass is 35.5. The van der Waals surface area contributed by atoms with Crippen molar-refractivity contribution in [1.82, 2.24) is 10.6 Å². The van der Waals surface area contributed by atoms with Crippen LogP contribution in [0.5, 0.6) is 5.75 Å².